The van der Waals surface area contributed by atoms with Crippen LogP contribution in [0.25, 0.3) is 11.1 Å². The number of hydrogen-bond donors (Lipinski definition) is 2. The normalized spacial score (nSPS) is 13.0. The first-order chi connectivity index (χ1) is 6.81. The number of anilines is 1. The van der Waals surface area contributed by atoms with Crippen LogP contribution in [0.2, 0.25) is 0 Å². The van der Waals surface area contributed by atoms with Crippen molar-refractivity contribution in [1.82, 2.24) is 4.98 Å². The van der Waals surface area contributed by atoms with E-state index in [-0.39, 0.29) is 6.04 Å². The van der Waals surface area contributed by atoms with Gasteiger partial charge in [-0.25, -0.2) is 4.98 Å². The van der Waals surface area contributed by atoms with Crippen LogP contribution in [0.4, 0.5) is 5.69 Å². The van der Waals surface area contributed by atoms with Crippen LogP contribution in [-0.4, -0.2) is 17.6 Å². The van der Waals surface area contributed by atoms with Crippen molar-refractivity contribution < 1.29 is 4.42 Å². The minimum Gasteiger partial charge on any atom is -0.446 e. The first-order valence-corrected chi connectivity index (χ1v) is 4.60. The lowest BCUT2D eigenvalue weighted by Crippen LogP contribution is -2.25. The summed E-state index contributed by atoms with van der Waals surface area (Å²) in [6.07, 6.45) is 3.35. The predicted molar refractivity (Wildman–Crippen MR) is 56.1 cm³/mol. The van der Waals surface area contributed by atoms with Gasteiger partial charge in [0, 0.05) is 24.5 Å². The smallest absolute Gasteiger partial charge is 0.227 e. The topological polar surface area (TPSA) is 64.1 Å². The maximum atomic E-state index is 5.54. The summed E-state index contributed by atoms with van der Waals surface area (Å²) in [6, 6.07) is 4.06. The van der Waals surface area contributed by atoms with E-state index < -0.39 is 0 Å². The largest absolute Gasteiger partial charge is 0.446 e. The molecule has 0 aliphatic carbocycles. The Kier molecular flexibility index (Phi) is 2.37. The van der Waals surface area contributed by atoms with E-state index in [1.165, 1.54) is 0 Å². The number of furan rings is 1. The van der Waals surface area contributed by atoms with Crippen molar-refractivity contribution in [3.05, 3.63) is 24.6 Å². The minimum absolute atomic E-state index is 0.246. The quantitative estimate of drug-likeness (QED) is 0.773. The lowest BCUT2D eigenvalue weighted by Gasteiger charge is -2.12. The molecule has 0 bridgehead atoms. The van der Waals surface area contributed by atoms with Crippen LogP contribution in [0.3, 0.4) is 0 Å². The fourth-order valence-corrected chi connectivity index (χ4v) is 1.33. The Balaban J connectivity index is 2.36. The van der Waals surface area contributed by atoms with Gasteiger partial charge in [-0.05, 0) is 19.1 Å². The number of pyridine rings is 1. The molecule has 2 rings (SSSR count). The highest BCUT2D eigenvalue weighted by Gasteiger charge is 2.05. The van der Waals surface area contributed by atoms with Crippen molar-refractivity contribution in [3.8, 4) is 0 Å². The first-order valence-electron chi connectivity index (χ1n) is 4.60. The highest BCUT2D eigenvalue weighted by molar-refractivity contribution is 5.87. The van der Waals surface area contributed by atoms with E-state index in [4.69, 9.17) is 10.2 Å². The Labute approximate surface area is 82.1 Å². The second-order valence-corrected chi connectivity index (χ2v) is 3.28. The number of rotatable bonds is 3. The molecule has 2 aromatic rings. The van der Waals surface area contributed by atoms with Crippen LogP contribution in [0, 0.1) is 0 Å². The summed E-state index contributed by atoms with van der Waals surface area (Å²) < 4.78 is 5.19. The summed E-state index contributed by atoms with van der Waals surface area (Å²) in [5, 5.41) is 4.29. The van der Waals surface area contributed by atoms with Gasteiger partial charge < -0.3 is 15.5 Å². The summed E-state index contributed by atoms with van der Waals surface area (Å²) in [5.41, 5.74) is 7.21. The van der Waals surface area contributed by atoms with Crippen molar-refractivity contribution in [2.75, 3.05) is 11.9 Å². The molecule has 14 heavy (non-hydrogen) atoms. The van der Waals surface area contributed by atoms with Gasteiger partial charge in [-0.2, -0.15) is 0 Å². The second kappa shape index (κ2) is 3.67. The molecule has 0 saturated carbocycles. The molecule has 74 valence electrons. The summed E-state index contributed by atoms with van der Waals surface area (Å²) >= 11 is 0. The number of aromatic nitrogens is 1. The van der Waals surface area contributed by atoms with E-state index in [2.05, 4.69) is 10.3 Å². The van der Waals surface area contributed by atoms with Crippen LogP contribution in [0.1, 0.15) is 6.92 Å². The van der Waals surface area contributed by atoms with Gasteiger partial charge in [0.1, 0.15) is 0 Å². The maximum Gasteiger partial charge on any atom is 0.227 e. The fourth-order valence-electron chi connectivity index (χ4n) is 1.33. The molecule has 0 spiro atoms. The van der Waals surface area contributed by atoms with Crippen molar-refractivity contribution in [2.24, 2.45) is 5.73 Å². The van der Waals surface area contributed by atoms with Crippen LogP contribution in [0.15, 0.2) is 29.0 Å². The Morgan fingerprint density at radius 2 is 2.43 bits per heavy atom. The third kappa shape index (κ3) is 1.56. The van der Waals surface area contributed by atoms with Gasteiger partial charge >= 0.3 is 0 Å². The Bertz CT molecular complexity index is 424. The number of nitrogens with two attached hydrogens (primary N) is 1. The highest BCUT2D eigenvalue weighted by atomic mass is 16.3. The van der Waals surface area contributed by atoms with E-state index in [9.17, 15) is 0 Å². The number of fused-ring (bicyclic) bond motifs is 1. The van der Waals surface area contributed by atoms with Crippen LogP contribution in [-0.2, 0) is 0 Å². The minimum atomic E-state index is 0.246. The zero-order valence-electron chi connectivity index (χ0n) is 8.03. The van der Waals surface area contributed by atoms with Gasteiger partial charge in [0.2, 0.25) is 5.71 Å². The van der Waals surface area contributed by atoms with E-state index in [1.54, 1.807) is 12.5 Å². The summed E-state index contributed by atoms with van der Waals surface area (Å²) in [4.78, 5) is 4.10. The van der Waals surface area contributed by atoms with E-state index in [1.807, 2.05) is 19.1 Å². The molecule has 0 aromatic carbocycles. The predicted octanol–water partition coefficient (Wildman–Crippen LogP) is 1.59. The molecule has 0 amide bonds. The van der Waals surface area contributed by atoms with Gasteiger partial charge in [0.25, 0.3) is 0 Å². The van der Waals surface area contributed by atoms with E-state index >= 15 is 0 Å². The van der Waals surface area contributed by atoms with Gasteiger partial charge in [-0.15, -0.1) is 0 Å². The maximum absolute atomic E-state index is 5.54. The van der Waals surface area contributed by atoms with Crippen LogP contribution in [0.5, 0.6) is 0 Å². The Hall–Kier alpha value is -1.55. The average molecular weight is 191 g/mol. The molecule has 0 aliphatic heterocycles. The third-order valence-electron chi connectivity index (χ3n) is 2.12. The lowest BCUT2D eigenvalue weighted by molar-refractivity contribution is 0.603. The molecule has 0 aliphatic rings. The third-order valence-corrected chi connectivity index (χ3v) is 2.12. The van der Waals surface area contributed by atoms with Crippen LogP contribution < -0.4 is 11.1 Å². The molecule has 2 heterocycles. The zero-order valence-corrected chi connectivity index (χ0v) is 8.03. The molecule has 1 unspecified atom stereocenters. The summed E-state index contributed by atoms with van der Waals surface area (Å²) in [7, 11) is 0. The monoisotopic (exact) mass is 191 g/mol. The van der Waals surface area contributed by atoms with Crippen molar-refractivity contribution in [2.45, 2.75) is 13.0 Å². The first kappa shape index (κ1) is 9.02. The molecule has 2 aromatic heterocycles. The van der Waals surface area contributed by atoms with Crippen LogP contribution >= 0.6 is 0 Å². The van der Waals surface area contributed by atoms with Crippen molar-refractivity contribution >= 4 is 16.8 Å². The van der Waals surface area contributed by atoms with Gasteiger partial charge in [-0.3, -0.25) is 0 Å². The summed E-state index contributed by atoms with van der Waals surface area (Å²) in [6.45, 7) is 2.63. The van der Waals surface area contributed by atoms with Gasteiger partial charge in [-0.1, -0.05) is 0 Å². The molecule has 0 fully saturated rings. The Morgan fingerprint density at radius 3 is 3.21 bits per heavy atom. The molecular weight excluding hydrogens is 178 g/mol. The average Bonchev–Trinajstić information content (AvgIpc) is 2.66. The highest BCUT2D eigenvalue weighted by Crippen LogP contribution is 2.22. The van der Waals surface area contributed by atoms with Gasteiger partial charge in [0.15, 0.2) is 0 Å². The molecule has 4 nitrogen and oxygen atoms in total. The number of nitrogens with zero attached hydrogens (tertiary/aromatic N) is 1. The summed E-state index contributed by atoms with van der Waals surface area (Å²) in [5.74, 6) is 0. The van der Waals surface area contributed by atoms with Crippen molar-refractivity contribution in [1.29, 1.82) is 0 Å². The van der Waals surface area contributed by atoms with E-state index in [0.29, 0.717) is 12.3 Å². The Morgan fingerprint density at radius 1 is 1.57 bits per heavy atom. The van der Waals surface area contributed by atoms with E-state index in [0.717, 1.165) is 11.1 Å². The second-order valence-electron chi connectivity index (χ2n) is 3.28. The van der Waals surface area contributed by atoms with Crippen molar-refractivity contribution in [3.63, 3.8) is 0 Å². The number of nitrogens with one attached hydrogen (secondary N) is 1. The molecule has 3 N–H and O–H groups in total. The lowest BCUT2D eigenvalue weighted by atomic mass is 10.2. The molecule has 0 radical (unpaired) electrons. The van der Waals surface area contributed by atoms with Gasteiger partial charge in [0.05, 0.1) is 11.6 Å². The molecule has 0 saturated heterocycles. The number of hydrogen-bond acceptors (Lipinski definition) is 4. The molecular formula is C10H13N3O. The SMILES string of the molecule is CC(CN)Nc1ccnc2occc12. The zero-order chi connectivity index (χ0) is 9.97. The standard InChI is InChI=1S/C10H13N3O/c1-7(6-11)13-9-2-4-12-10-8(9)3-5-14-10/h2-5,7H,6,11H2,1H3,(H,12,13). The fraction of sp³-hybridized carbons (Fsp3) is 0.300. The molecule has 4 heteroatoms. The molecule has 1 atom stereocenters.